The van der Waals surface area contributed by atoms with Gasteiger partial charge in [0.1, 0.15) is 5.75 Å². The molecule has 1 fully saturated rings. The van der Waals surface area contributed by atoms with Crippen molar-refractivity contribution in [3.63, 3.8) is 0 Å². The Morgan fingerprint density at radius 2 is 1.65 bits per heavy atom. The fraction of sp³-hybridized carbons (Fsp3) is 0.240. The molecule has 3 aromatic carbocycles. The predicted molar refractivity (Wildman–Crippen MR) is 126 cm³/mol. The van der Waals surface area contributed by atoms with Gasteiger partial charge >= 0.3 is 0 Å². The molecule has 0 unspecified atom stereocenters. The number of benzene rings is 3. The highest BCUT2D eigenvalue weighted by Crippen LogP contribution is 2.30. The molecule has 1 saturated heterocycles. The van der Waals surface area contributed by atoms with E-state index in [2.05, 4.69) is 10.2 Å². The summed E-state index contributed by atoms with van der Waals surface area (Å²) in [6, 6.07) is 22.8. The Bertz CT molecular complexity index is 1030. The van der Waals surface area contributed by atoms with Crippen LogP contribution >= 0.6 is 23.2 Å². The number of hydrogen-bond donors (Lipinski definition) is 1. The van der Waals surface area contributed by atoms with Gasteiger partial charge in [0.2, 0.25) is 5.91 Å². The molecule has 1 heterocycles. The van der Waals surface area contributed by atoms with Crippen LogP contribution in [0.25, 0.3) is 0 Å². The lowest BCUT2D eigenvalue weighted by molar-refractivity contribution is -0.121. The lowest BCUT2D eigenvalue weighted by Gasteiger charge is -2.31. The lowest BCUT2D eigenvalue weighted by Crippen LogP contribution is -2.37. The standard InChI is InChI=1S/C25H24Cl2N2O2/c26-21-11-10-18(16-22(21)27)17-29-14-12-19(13-15-29)25(30)28-23-8-4-5-9-24(23)31-20-6-2-1-3-7-20/h1-11,16,19H,12-15,17H2,(H,28,30). The van der Waals surface area contributed by atoms with Gasteiger partial charge in [0.15, 0.2) is 5.75 Å². The van der Waals surface area contributed by atoms with Gasteiger partial charge in [-0.25, -0.2) is 0 Å². The number of amides is 1. The van der Waals surface area contributed by atoms with Gasteiger partial charge in [-0.05, 0) is 67.9 Å². The van der Waals surface area contributed by atoms with Crippen LogP contribution in [0.2, 0.25) is 10.0 Å². The van der Waals surface area contributed by atoms with Crippen LogP contribution in [0.1, 0.15) is 18.4 Å². The molecule has 0 spiro atoms. The van der Waals surface area contributed by atoms with Crippen molar-refractivity contribution in [2.75, 3.05) is 18.4 Å². The summed E-state index contributed by atoms with van der Waals surface area (Å²) in [7, 11) is 0. The van der Waals surface area contributed by atoms with Gasteiger partial charge in [0.05, 0.1) is 15.7 Å². The zero-order valence-electron chi connectivity index (χ0n) is 17.1. The zero-order valence-corrected chi connectivity index (χ0v) is 18.6. The van der Waals surface area contributed by atoms with Gasteiger partial charge in [0.25, 0.3) is 0 Å². The number of likely N-dealkylation sites (tertiary alicyclic amines) is 1. The minimum Gasteiger partial charge on any atom is -0.455 e. The predicted octanol–water partition coefficient (Wildman–Crippen LogP) is 6.64. The number of carbonyl (C=O) groups is 1. The van der Waals surface area contributed by atoms with Gasteiger partial charge in [-0.3, -0.25) is 9.69 Å². The molecule has 0 atom stereocenters. The summed E-state index contributed by atoms with van der Waals surface area (Å²) in [5, 5.41) is 4.21. The van der Waals surface area contributed by atoms with E-state index in [1.54, 1.807) is 0 Å². The minimum atomic E-state index is -0.0187. The van der Waals surface area contributed by atoms with E-state index in [0.29, 0.717) is 21.5 Å². The third-order valence-electron chi connectivity index (χ3n) is 5.46. The molecule has 1 amide bonds. The zero-order chi connectivity index (χ0) is 21.6. The molecule has 1 aliphatic heterocycles. The van der Waals surface area contributed by atoms with Crippen LogP contribution < -0.4 is 10.1 Å². The first-order valence-corrected chi connectivity index (χ1v) is 11.1. The van der Waals surface area contributed by atoms with Crippen LogP contribution in [0.3, 0.4) is 0 Å². The van der Waals surface area contributed by atoms with Crippen molar-refractivity contribution >= 4 is 34.8 Å². The Kier molecular flexibility index (Phi) is 7.13. The summed E-state index contributed by atoms with van der Waals surface area (Å²) in [5.41, 5.74) is 1.82. The molecule has 3 aromatic rings. The van der Waals surface area contributed by atoms with Gasteiger partial charge in [-0.1, -0.05) is 59.6 Å². The number of nitrogens with zero attached hydrogens (tertiary/aromatic N) is 1. The summed E-state index contributed by atoms with van der Waals surface area (Å²) < 4.78 is 5.96. The van der Waals surface area contributed by atoms with Crippen molar-refractivity contribution in [1.29, 1.82) is 0 Å². The first-order chi connectivity index (χ1) is 15.1. The molecule has 1 N–H and O–H groups in total. The van der Waals surface area contributed by atoms with Crippen LogP contribution in [0, 0.1) is 5.92 Å². The lowest BCUT2D eigenvalue weighted by atomic mass is 9.95. The maximum Gasteiger partial charge on any atom is 0.227 e. The van der Waals surface area contributed by atoms with E-state index in [4.69, 9.17) is 27.9 Å². The molecule has 6 heteroatoms. The van der Waals surface area contributed by atoms with Crippen molar-refractivity contribution in [2.24, 2.45) is 5.92 Å². The van der Waals surface area contributed by atoms with Gasteiger partial charge in [-0.2, -0.15) is 0 Å². The Balaban J connectivity index is 1.33. The Morgan fingerprint density at radius 1 is 0.935 bits per heavy atom. The molecule has 160 valence electrons. The first kappa shape index (κ1) is 21.7. The highest BCUT2D eigenvalue weighted by atomic mass is 35.5. The van der Waals surface area contributed by atoms with Gasteiger partial charge in [0, 0.05) is 12.5 Å². The van der Waals surface area contributed by atoms with Crippen LogP contribution in [0.4, 0.5) is 5.69 Å². The number of piperidine rings is 1. The monoisotopic (exact) mass is 454 g/mol. The van der Waals surface area contributed by atoms with E-state index >= 15 is 0 Å². The Labute approximate surface area is 192 Å². The number of ether oxygens (including phenoxy) is 1. The SMILES string of the molecule is O=C(Nc1ccccc1Oc1ccccc1)C1CCN(Cc2ccc(Cl)c(Cl)c2)CC1. The van der Waals surface area contributed by atoms with Crippen molar-refractivity contribution in [1.82, 2.24) is 4.90 Å². The van der Waals surface area contributed by atoms with Crippen LogP contribution in [0.15, 0.2) is 72.8 Å². The Hall–Kier alpha value is -2.53. The van der Waals surface area contributed by atoms with E-state index in [1.165, 1.54) is 0 Å². The number of carbonyl (C=O) groups excluding carboxylic acids is 1. The number of rotatable bonds is 6. The van der Waals surface area contributed by atoms with Crippen molar-refractivity contribution in [3.05, 3.63) is 88.4 Å². The van der Waals surface area contributed by atoms with Crippen molar-refractivity contribution < 1.29 is 9.53 Å². The molecule has 0 aliphatic carbocycles. The first-order valence-electron chi connectivity index (χ1n) is 10.4. The third kappa shape index (κ3) is 5.79. The maximum atomic E-state index is 12.9. The maximum absolute atomic E-state index is 12.9. The summed E-state index contributed by atoms with van der Waals surface area (Å²) in [5.74, 6) is 1.40. The van der Waals surface area contributed by atoms with E-state index in [-0.39, 0.29) is 11.8 Å². The highest BCUT2D eigenvalue weighted by Gasteiger charge is 2.25. The third-order valence-corrected chi connectivity index (χ3v) is 6.20. The van der Waals surface area contributed by atoms with E-state index < -0.39 is 0 Å². The second kappa shape index (κ2) is 10.2. The fourth-order valence-corrected chi connectivity index (χ4v) is 4.08. The minimum absolute atomic E-state index is 0.0187. The number of halogens is 2. The smallest absolute Gasteiger partial charge is 0.227 e. The summed E-state index contributed by atoms with van der Waals surface area (Å²) in [6.45, 7) is 2.53. The van der Waals surface area contributed by atoms with E-state index in [9.17, 15) is 4.79 Å². The van der Waals surface area contributed by atoms with E-state index in [1.807, 2.05) is 72.8 Å². The van der Waals surface area contributed by atoms with Crippen LogP contribution in [-0.2, 0) is 11.3 Å². The normalized spacial score (nSPS) is 14.9. The largest absolute Gasteiger partial charge is 0.455 e. The molecular weight excluding hydrogens is 431 g/mol. The van der Waals surface area contributed by atoms with Crippen molar-refractivity contribution in [3.8, 4) is 11.5 Å². The summed E-state index contributed by atoms with van der Waals surface area (Å²) in [6.07, 6.45) is 1.63. The second-order valence-electron chi connectivity index (χ2n) is 7.70. The molecule has 0 radical (unpaired) electrons. The number of para-hydroxylation sites is 3. The molecule has 0 aromatic heterocycles. The average molecular weight is 455 g/mol. The topological polar surface area (TPSA) is 41.6 Å². The number of anilines is 1. The second-order valence-corrected chi connectivity index (χ2v) is 8.51. The molecular formula is C25H24Cl2N2O2. The van der Waals surface area contributed by atoms with Crippen LogP contribution in [-0.4, -0.2) is 23.9 Å². The fourth-order valence-electron chi connectivity index (χ4n) is 3.76. The summed E-state index contributed by atoms with van der Waals surface area (Å²) >= 11 is 12.1. The molecule has 4 rings (SSSR count). The summed E-state index contributed by atoms with van der Waals surface area (Å²) in [4.78, 5) is 15.2. The molecule has 1 aliphatic rings. The van der Waals surface area contributed by atoms with Gasteiger partial charge < -0.3 is 10.1 Å². The molecule has 31 heavy (non-hydrogen) atoms. The quantitative estimate of drug-likeness (QED) is 0.453. The highest BCUT2D eigenvalue weighted by molar-refractivity contribution is 6.42. The molecule has 0 saturated carbocycles. The van der Waals surface area contributed by atoms with Crippen molar-refractivity contribution in [2.45, 2.75) is 19.4 Å². The van der Waals surface area contributed by atoms with E-state index in [0.717, 1.165) is 43.8 Å². The number of nitrogens with one attached hydrogen (secondary N) is 1. The number of hydrogen-bond acceptors (Lipinski definition) is 3. The molecule has 0 bridgehead atoms. The van der Waals surface area contributed by atoms with Gasteiger partial charge in [-0.15, -0.1) is 0 Å². The van der Waals surface area contributed by atoms with Crippen LogP contribution in [0.5, 0.6) is 11.5 Å². The molecule has 4 nitrogen and oxygen atoms in total. The Morgan fingerprint density at radius 3 is 2.39 bits per heavy atom. The average Bonchev–Trinajstić information content (AvgIpc) is 2.79.